The molecule has 1 fully saturated rings. The highest BCUT2D eigenvalue weighted by Gasteiger charge is 2.24. The summed E-state index contributed by atoms with van der Waals surface area (Å²) >= 11 is 1.31. The molecule has 0 radical (unpaired) electrons. The molecular formula is C23H23FN4O3S. The molecule has 0 spiro atoms. The van der Waals surface area contributed by atoms with Gasteiger partial charge in [-0.15, -0.1) is 11.3 Å². The van der Waals surface area contributed by atoms with Gasteiger partial charge in [-0.2, -0.15) is 0 Å². The van der Waals surface area contributed by atoms with Crippen LogP contribution in [-0.4, -0.2) is 35.3 Å². The zero-order valence-corrected chi connectivity index (χ0v) is 18.5. The molecule has 1 unspecified atom stereocenters. The molecule has 1 aliphatic carbocycles. The second kappa shape index (κ2) is 9.04. The normalized spacial score (nSPS) is 14.1. The van der Waals surface area contributed by atoms with Crippen LogP contribution in [0.2, 0.25) is 0 Å². The fourth-order valence-electron chi connectivity index (χ4n) is 3.28. The second-order valence-corrected chi connectivity index (χ2v) is 8.96. The van der Waals surface area contributed by atoms with Crippen molar-refractivity contribution in [3.63, 3.8) is 0 Å². The number of anilines is 1. The first-order valence-corrected chi connectivity index (χ1v) is 11.2. The molecule has 1 atom stereocenters. The topological polar surface area (TPSA) is 100 Å². The number of hydrogen-bond donors (Lipinski definition) is 3. The van der Waals surface area contributed by atoms with Crippen LogP contribution >= 0.6 is 11.3 Å². The van der Waals surface area contributed by atoms with E-state index in [4.69, 9.17) is 0 Å². The Hall–Kier alpha value is -3.33. The molecule has 32 heavy (non-hydrogen) atoms. The van der Waals surface area contributed by atoms with Gasteiger partial charge in [-0.05, 0) is 43.5 Å². The number of carbonyl (C=O) groups excluding carboxylic acids is 3. The van der Waals surface area contributed by atoms with E-state index < -0.39 is 11.7 Å². The number of hydrogen-bond acceptors (Lipinski definition) is 5. The quantitative estimate of drug-likeness (QED) is 0.508. The molecule has 1 aliphatic rings. The molecule has 4 rings (SSSR count). The molecule has 3 N–H and O–H groups in total. The molecule has 2 aromatic carbocycles. The average Bonchev–Trinajstić information content (AvgIpc) is 3.46. The lowest BCUT2D eigenvalue weighted by molar-refractivity contribution is -0.126. The van der Waals surface area contributed by atoms with Gasteiger partial charge in [-0.25, -0.2) is 9.37 Å². The summed E-state index contributed by atoms with van der Waals surface area (Å²) in [5, 5.41) is 8.69. The zero-order chi connectivity index (χ0) is 22.8. The highest BCUT2D eigenvalue weighted by Crippen LogP contribution is 2.34. The molecule has 0 aliphatic heterocycles. The summed E-state index contributed by atoms with van der Waals surface area (Å²) in [4.78, 5) is 40.0. The number of nitrogens with zero attached hydrogens (tertiary/aromatic N) is 1. The van der Waals surface area contributed by atoms with Crippen LogP contribution in [0.25, 0.3) is 21.3 Å². The van der Waals surface area contributed by atoms with Crippen molar-refractivity contribution >= 4 is 45.0 Å². The van der Waals surface area contributed by atoms with Crippen molar-refractivity contribution in [3.8, 4) is 11.1 Å². The Morgan fingerprint density at radius 1 is 1.22 bits per heavy atom. The largest absolute Gasteiger partial charge is 0.352 e. The third-order valence-electron chi connectivity index (χ3n) is 5.12. The Balaban J connectivity index is 1.52. The zero-order valence-electron chi connectivity index (χ0n) is 17.7. The SMILES string of the molecule is CC(=O)Nc1cccc(-c2cc3sc(C(C)C(=O)NCC(=O)NC4CC4)nc3cc2F)c1. The Morgan fingerprint density at radius 3 is 2.72 bits per heavy atom. The standard InChI is InChI=1S/C23H23FN4O3S/c1-12(22(31)25-11-21(30)27-15-6-7-15)23-28-19-10-18(24)17(9-20(19)32-23)14-4-3-5-16(8-14)26-13(2)29/h3-5,8-10,12,15H,6-7,11H2,1-2H3,(H,25,31)(H,26,29)(H,27,30). The molecule has 7 nitrogen and oxygen atoms in total. The van der Waals surface area contributed by atoms with Gasteiger partial charge in [0.05, 0.1) is 22.7 Å². The number of fused-ring (bicyclic) bond motifs is 1. The van der Waals surface area contributed by atoms with Crippen molar-refractivity contribution in [2.24, 2.45) is 0 Å². The van der Waals surface area contributed by atoms with Gasteiger partial charge < -0.3 is 16.0 Å². The summed E-state index contributed by atoms with van der Waals surface area (Å²) in [6, 6.07) is 10.2. The maximum atomic E-state index is 14.8. The fraction of sp³-hybridized carbons (Fsp3) is 0.304. The fourth-order valence-corrected chi connectivity index (χ4v) is 4.32. The highest BCUT2D eigenvalue weighted by molar-refractivity contribution is 7.18. The van der Waals surface area contributed by atoms with E-state index in [1.165, 1.54) is 24.3 Å². The summed E-state index contributed by atoms with van der Waals surface area (Å²) < 4.78 is 15.6. The Morgan fingerprint density at radius 2 is 2.00 bits per heavy atom. The number of halogens is 1. The summed E-state index contributed by atoms with van der Waals surface area (Å²) in [5.74, 6) is -1.73. The lowest BCUT2D eigenvalue weighted by Gasteiger charge is -2.09. The van der Waals surface area contributed by atoms with E-state index in [1.54, 1.807) is 37.3 Å². The monoisotopic (exact) mass is 454 g/mol. The lowest BCUT2D eigenvalue weighted by atomic mass is 10.0. The number of amides is 3. The smallest absolute Gasteiger partial charge is 0.239 e. The van der Waals surface area contributed by atoms with E-state index in [0.717, 1.165) is 17.5 Å². The average molecular weight is 455 g/mol. The van der Waals surface area contributed by atoms with Crippen LogP contribution in [0, 0.1) is 5.82 Å². The third-order valence-corrected chi connectivity index (χ3v) is 6.32. The summed E-state index contributed by atoms with van der Waals surface area (Å²) in [6.45, 7) is 3.04. The molecule has 0 saturated heterocycles. The maximum absolute atomic E-state index is 14.8. The first kappa shape index (κ1) is 21.9. The predicted octanol–water partition coefficient (Wildman–Crippen LogP) is 3.56. The summed E-state index contributed by atoms with van der Waals surface area (Å²) in [6.07, 6.45) is 1.97. The van der Waals surface area contributed by atoms with Crippen LogP contribution in [0.3, 0.4) is 0 Å². The lowest BCUT2D eigenvalue weighted by Crippen LogP contribution is -2.39. The van der Waals surface area contributed by atoms with Gasteiger partial charge in [0.1, 0.15) is 10.8 Å². The molecule has 0 bridgehead atoms. The van der Waals surface area contributed by atoms with E-state index in [2.05, 4.69) is 20.9 Å². The second-order valence-electron chi connectivity index (χ2n) is 7.90. The van der Waals surface area contributed by atoms with E-state index in [0.29, 0.717) is 27.3 Å². The van der Waals surface area contributed by atoms with E-state index >= 15 is 0 Å². The van der Waals surface area contributed by atoms with Gasteiger partial charge in [-0.3, -0.25) is 14.4 Å². The van der Waals surface area contributed by atoms with Gasteiger partial charge >= 0.3 is 0 Å². The minimum atomic E-state index is -0.573. The Labute approximate surface area is 188 Å². The molecule has 1 aromatic heterocycles. The van der Waals surface area contributed by atoms with Crippen LogP contribution in [-0.2, 0) is 14.4 Å². The van der Waals surface area contributed by atoms with Gasteiger partial charge in [0.25, 0.3) is 0 Å². The van der Waals surface area contributed by atoms with Gasteiger partial charge in [0.15, 0.2) is 0 Å². The van der Waals surface area contributed by atoms with Crippen LogP contribution in [0.15, 0.2) is 36.4 Å². The van der Waals surface area contributed by atoms with Gasteiger partial charge in [0, 0.05) is 30.3 Å². The molecule has 3 aromatic rings. The maximum Gasteiger partial charge on any atom is 0.239 e. The summed E-state index contributed by atoms with van der Waals surface area (Å²) in [7, 11) is 0. The predicted molar refractivity (Wildman–Crippen MR) is 122 cm³/mol. The van der Waals surface area contributed by atoms with Crippen molar-refractivity contribution in [1.29, 1.82) is 0 Å². The number of thiazole rings is 1. The van der Waals surface area contributed by atoms with Crippen LogP contribution in [0.1, 0.15) is 37.6 Å². The number of carbonyl (C=O) groups is 3. The molecular weight excluding hydrogens is 431 g/mol. The van der Waals surface area contributed by atoms with E-state index in [9.17, 15) is 18.8 Å². The van der Waals surface area contributed by atoms with Crippen molar-refractivity contribution < 1.29 is 18.8 Å². The van der Waals surface area contributed by atoms with Crippen molar-refractivity contribution in [1.82, 2.24) is 15.6 Å². The van der Waals surface area contributed by atoms with Crippen molar-refractivity contribution in [2.45, 2.75) is 38.6 Å². The molecule has 1 heterocycles. The van der Waals surface area contributed by atoms with Gasteiger partial charge in [0.2, 0.25) is 17.7 Å². The number of nitrogens with one attached hydrogen (secondary N) is 3. The number of rotatable bonds is 7. The van der Waals surface area contributed by atoms with E-state index in [-0.39, 0.29) is 30.3 Å². The van der Waals surface area contributed by atoms with Gasteiger partial charge in [-0.1, -0.05) is 12.1 Å². The third kappa shape index (κ3) is 5.11. The molecule has 9 heteroatoms. The molecule has 3 amide bonds. The van der Waals surface area contributed by atoms with Crippen molar-refractivity contribution in [3.05, 3.63) is 47.2 Å². The number of benzene rings is 2. The molecule has 1 saturated carbocycles. The van der Waals surface area contributed by atoms with Crippen LogP contribution in [0.5, 0.6) is 0 Å². The minimum absolute atomic E-state index is 0.0754. The Kier molecular flexibility index (Phi) is 6.18. The first-order chi connectivity index (χ1) is 15.3. The Bertz CT molecular complexity index is 1210. The molecule has 166 valence electrons. The van der Waals surface area contributed by atoms with Crippen LogP contribution < -0.4 is 16.0 Å². The van der Waals surface area contributed by atoms with Crippen molar-refractivity contribution in [2.75, 3.05) is 11.9 Å². The van der Waals surface area contributed by atoms with Crippen LogP contribution in [0.4, 0.5) is 10.1 Å². The summed E-state index contributed by atoms with van der Waals surface area (Å²) in [5.41, 5.74) is 2.05. The minimum Gasteiger partial charge on any atom is -0.352 e. The highest BCUT2D eigenvalue weighted by atomic mass is 32.1. The first-order valence-electron chi connectivity index (χ1n) is 10.3. The van der Waals surface area contributed by atoms with E-state index in [1.807, 2.05) is 0 Å². The number of aromatic nitrogens is 1.